The first-order valence-corrected chi connectivity index (χ1v) is 8.79. The van der Waals surface area contributed by atoms with E-state index in [1.165, 1.54) is 4.68 Å². The summed E-state index contributed by atoms with van der Waals surface area (Å²) in [5.41, 5.74) is 2.40. The van der Waals surface area contributed by atoms with Crippen molar-refractivity contribution in [2.24, 2.45) is 0 Å². The number of para-hydroxylation sites is 1. The fourth-order valence-corrected chi connectivity index (χ4v) is 2.50. The van der Waals surface area contributed by atoms with Gasteiger partial charge in [0.1, 0.15) is 18.0 Å². The van der Waals surface area contributed by atoms with E-state index >= 15 is 0 Å². The van der Waals surface area contributed by atoms with E-state index in [1.54, 1.807) is 6.20 Å². The molecule has 7 nitrogen and oxygen atoms in total. The molecule has 0 atom stereocenters. The number of nitrogens with one attached hydrogen (secondary N) is 1. The van der Waals surface area contributed by atoms with Crippen LogP contribution in [0.5, 0.6) is 5.75 Å². The number of hydrogen-bond donors (Lipinski definition) is 2. The Morgan fingerprint density at radius 1 is 1.11 bits per heavy atom. The summed E-state index contributed by atoms with van der Waals surface area (Å²) in [5.74, 6) is 0.702. The third-order valence-electron chi connectivity index (χ3n) is 3.93. The van der Waals surface area contributed by atoms with Crippen molar-refractivity contribution in [1.82, 2.24) is 20.3 Å². The summed E-state index contributed by atoms with van der Waals surface area (Å²) in [6.45, 7) is 1.20. The highest BCUT2D eigenvalue weighted by atomic mass is 16.5. The molecule has 0 bridgehead atoms. The van der Waals surface area contributed by atoms with E-state index in [9.17, 15) is 4.79 Å². The summed E-state index contributed by atoms with van der Waals surface area (Å²) in [4.78, 5) is 12.0. The minimum Gasteiger partial charge on any atom is -0.494 e. The first-order chi connectivity index (χ1) is 13.2. The third-order valence-corrected chi connectivity index (χ3v) is 3.93. The maximum Gasteiger partial charge on any atom is 0.241 e. The molecule has 1 amide bonds. The van der Waals surface area contributed by atoms with Crippen molar-refractivity contribution in [2.75, 3.05) is 13.2 Å². The molecule has 0 spiro atoms. The first-order valence-electron chi connectivity index (χ1n) is 8.79. The molecule has 0 fully saturated rings. The molecule has 0 unspecified atom stereocenters. The van der Waals surface area contributed by atoms with Gasteiger partial charge in [-0.05, 0) is 24.1 Å². The number of aromatic nitrogens is 3. The summed E-state index contributed by atoms with van der Waals surface area (Å²) < 4.78 is 7.09. The van der Waals surface area contributed by atoms with E-state index in [0.717, 1.165) is 23.3 Å². The molecule has 27 heavy (non-hydrogen) atoms. The molecule has 7 heteroatoms. The SMILES string of the molecule is O=C(Cn1cc(-c2ccc(CO)cc2)nn1)NCCCOc1ccccc1. The second-order valence-electron chi connectivity index (χ2n) is 6.02. The standard InChI is InChI=1S/C20H22N4O3/c25-15-16-7-9-17(10-8-16)19-13-24(23-22-19)14-20(26)21-11-4-12-27-18-5-2-1-3-6-18/h1-3,5-10,13,25H,4,11-12,14-15H2,(H,21,26). The molecule has 3 rings (SSSR count). The highest BCUT2D eigenvalue weighted by Gasteiger charge is 2.07. The van der Waals surface area contributed by atoms with Crippen molar-refractivity contribution in [3.63, 3.8) is 0 Å². The molecule has 0 saturated carbocycles. The van der Waals surface area contributed by atoms with Crippen LogP contribution < -0.4 is 10.1 Å². The number of rotatable bonds is 9. The lowest BCUT2D eigenvalue weighted by molar-refractivity contribution is -0.121. The quantitative estimate of drug-likeness (QED) is 0.566. The second kappa shape index (κ2) is 9.49. The number of carbonyl (C=O) groups excluding carboxylic acids is 1. The summed E-state index contributed by atoms with van der Waals surface area (Å²) in [6.07, 6.45) is 2.45. The van der Waals surface area contributed by atoms with E-state index < -0.39 is 0 Å². The molecule has 2 N–H and O–H groups in total. The van der Waals surface area contributed by atoms with Crippen LogP contribution in [0.15, 0.2) is 60.8 Å². The van der Waals surface area contributed by atoms with Crippen molar-refractivity contribution in [3.8, 4) is 17.0 Å². The molecule has 0 aliphatic rings. The summed E-state index contributed by atoms with van der Waals surface area (Å²) >= 11 is 0. The molecule has 2 aromatic carbocycles. The van der Waals surface area contributed by atoms with Crippen molar-refractivity contribution in [2.45, 2.75) is 19.6 Å². The van der Waals surface area contributed by atoms with Crippen molar-refractivity contribution < 1.29 is 14.6 Å². The summed E-state index contributed by atoms with van der Waals surface area (Å²) in [7, 11) is 0. The van der Waals surface area contributed by atoms with Crippen LogP contribution in [-0.2, 0) is 17.9 Å². The largest absolute Gasteiger partial charge is 0.494 e. The number of hydrogen-bond acceptors (Lipinski definition) is 5. The maximum absolute atomic E-state index is 12.0. The smallest absolute Gasteiger partial charge is 0.241 e. The lowest BCUT2D eigenvalue weighted by atomic mass is 10.1. The van der Waals surface area contributed by atoms with E-state index in [1.807, 2.05) is 54.6 Å². The topological polar surface area (TPSA) is 89.3 Å². The number of amides is 1. The van der Waals surface area contributed by atoms with E-state index in [0.29, 0.717) is 18.8 Å². The van der Waals surface area contributed by atoms with Gasteiger partial charge < -0.3 is 15.2 Å². The number of benzene rings is 2. The van der Waals surface area contributed by atoms with Gasteiger partial charge in [-0.15, -0.1) is 5.10 Å². The fourth-order valence-electron chi connectivity index (χ4n) is 2.50. The Hall–Kier alpha value is -3.19. The molecule has 3 aromatic rings. The normalized spacial score (nSPS) is 10.6. The minimum atomic E-state index is -0.123. The van der Waals surface area contributed by atoms with Crippen LogP contribution in [0.1, 0.15) is 12.0 Å². The van der Waals surface area contributed by atoms with Gasteiger partial charge in [-0.3, -0.25) is 4.79 Å². The van der Waals surface area contributed by atoms with Gasteiger partial charge in [0.15, 0.2) is 0 Å². The minimum absolute atomic E-state index is 0.00350. The molecule has 0 saturated heterocycles. The van der Waals surface area contributed by atoms with Crippen molar-refractivity contribution in [3.05, 3.63) is 66.4 Å². The summed E-state index contributed by atoms with van der Waals surface area (Å²) in [5, 5.41) is 20.0. The van der Waals surface area contributed by atoms with Crippen LogP contribution in [0, 0.1) is 0 Å². The zero-order chi connectivity index (χ0) is 18.9. The van der Waals surface area contributed by atoms with Gasteiger partial charge in [-0.2, -0.15) is 0 Å². The van der Waals surface area contributed by atoms with Crippen LogP contribution >= 0.6 is 0 Å². The van der Waals surface area contributed by atoms with Gasteiger partial charge in [-0.25, -0.2) is 4.68 Å². The zero-order valence-corrected chi connectivity index (χ0v) is 14.9. The number of nitrogens with zero attached hydrogens (tertiary/aromatic N) is 3. The Balaban J connectivity index is 1.40. The Kier molecular flexibility index (Phi) is 6.54. The molecule has 0 radical (unpaired) electrons. The first kappa shape index (κ1) is 18.6. The van der Waals surface area contributed by atoms with Crippen LogP contribution in [0.4, 0.5) is 0 Å². The number of carbonyl (C=O) groups is 1. The Morgan fingerprint density at radius 2 is 1.89 bits per heavy atom. The Morgan fingerprint density at radius 3 is 2.63 bits per heavy atom. The molecular weight excluding hydrogens is 344 g/mol. The highest BCUT2D eigenvalue weighted by molar-refractivity contribution is 5.75. The van der Waals surface area contributed by atoms with Crippen molar-refractivity contribution >= 4 is 5.91 Å². The van der Waals surface area contributed by atoms with E-state index in [4.69, 9.17) is 9.84 Å². The Labute approximate surface area is 157 Å². The van der Waals surface area contributed by atoms with Crippen LogP contribution in [-0.4, -0.2) is 39.2 Å². The molecule has 1 aromatic heterocycles. The van der Waals surface area contributed by atoms with Gasteiger partial charge in [0.25, 0.3) is 0 Å². The predicted molar refractivity (Wildman–Crippen MR) is 101 cm³/mol. The van der Waals surface area contributed by atoms with Gasteiger partial charge in [0, 0.05) is 12.1 Å². The third kappa shape index (κ3) is 5.65. The van der Waals surface area contributed by atoms with Crippen LogP contribution in [0.25, 0.3) is 11.3 Å². The monoisotopic (exact) mass is 366 g/mol. The number of aliphatic hydroxyl groups excluding tert-OH is 1. The fraction of sp³-hybridized carbons (Fsp3) is 0.250. The maximum atomic E-state index is 12.0. The van der Waals surface area contributed by atoms with Gasteiger partial charge in [0.05, 0.1) is 19.4 Å². The second-order valence-corrected chi connectivity index (χ2v) is 6.02. The molecule has 0 aliphatic heterocycles. The number of ether oxygens (including phenoxy) is 1. The Bertz CT molecular complexity index is 847. The van der Waals surface area contributed by atoms with Crippen LogP contribution in [0.3, 0.4) is 0 Å². The van der Waals surface area contributed by atoms with E-state index in [-0.39, 0.29) is 19.1 Å². The van der Waals surface area contributed by atoms with Crippen LogP contribution in [0.2, 0.25) is 0 Å². The van der Waals surface area contributed by atoms with Gasteiger partial charge in [0.2, 0.25) is 5.91 Å². The molecular formula is C20H22N4O3. The molecule has 0 aliphatic carbocycles. The molecule has 1 heterocycles. The van der Waals surface area contributed by atoms with E-state index in [2.05, 4.69) is 15.6 Å². The number of aliphatic hydroxyl groups is 1. The van der Waals surface area contributed by atoms with Gasteiger partial charge >= 0.3 is 0 Å². The lowest BCUT2D eigenvalue weighted by Crippen LogP contribution is -2.29. The predicted octanol–water partition coefficient (Wildman–Crippen LogP) is 2.02. The van der Waals surface area contributed by atoms with Gasteiger partial charge in [-0.1, -0.05) is 47.7 Å². The summed E-state index contributed by atoms with van der Waals surface area (Å²) in [6, 6.07) is 17.0. The highest BCUT2D eigenvalue weighted by Crippen LogP contribution is 2.16. The average Bonchev–Trinajstić information content (AvgIpc) is 3.17. The zero-order valence-electron chi connectivity index (χ0n) is 14.9. The average molecular weight is 366 g/mol. The lowest BCUT2D eigenvalue weighted by Gasteiger charge is -2.07. The molecule has 140 valence electrons. The van der Waals surface area contributed by atoms with Crippen molar-refractivity contribution in [1.29, 1.82) is 0 Å².